The van der Waals surface area contributed by atoms with Crippen LogP contribution in [0.25, 0.3) is 22.2 Å². The number of pyridine rings is 2. The largest absolute Gasteiger partial charge is 0.342 e. The third-order valence-corrected chi connectivity index (χ3v) is 7.12. The standard InChI is InChI=1S/C28H28F2N6O/c29-27(30)25-15-21(6-8-32-25)20-3-4-23-24(14-20)34-26(33-23)16-22-13-18(5-7-31-22)17-35-9-11-36(12-10-35)28(37)19-1-2-19/h3-8,13-15,19,27H,1-2,9-12,16-17H2,(H,33,34). The highest BCUT2D eigenvalue weighted by molar-refractivity contribution is 5.82. The fraction of sp³-hybridized carbons (Fsp3) is 0.357. The molecule has 6 rings (SSSR count). The number of benzene rings is 1. The predicted octanol–water partition coefficient (Wildman–Crippen LogP) is 4.60. The minimum absolute atomic E-state index is 0.234. The van der Waals surface area contributed by atoms with Gasteiger partial charge in [-0.3, -0.25) is 19.7 Å². The number of carbonyl (C=O) groups is 1. The van der Waals surface area contributed by atoms with Crippen LogP contribution in [0.5, 0.6) is 0 Å². The van der Waals surface area contributed by atoms with Crippen molar-refractivity contribution in [3.8, 4) is 11.1 Å². The van der Waals surface area contributed by atoms with E-state index in [1.54, 1.807) is 6.07 Å². The van der Waals surface area contributed by atoms with Gasteiger partial charge in [-0.05, 0) is 65.9 Å². The van der Waals surface area contributed by atoms with Crippen molar-refractivity contribution in [2.75, 3.05) is 26.2 Å². The zero-order chi connectivity index (χ0) is 25.4. The number of nitrogens with zero attached hydrogens (tertiary/aromatic N) is 5. The second-order valence-electron chi connectivity index (χ2n) is 9.89. The molecule has 3 aromatic heterocycles. The molecule has 1 aliphatic carbocycles. The van der Waals surface area contributed by atoms with Gasteiger partial charge in [0.1, 0.15) is 11.5 Å². The minimum Gasteiger partial charge on any atom is -0.342 e. The summed E-state index contributed by atoms with van der Waals surface area (Å²) in [7, 11) is 0. The van der Waals surface area contributed by atoms with Crippen molar-refractivity contribution >= 4 is 16.9 Å². The normalized spacial score (nSPS) is 16.6. The molecule has 0 atom stereocenters. The summed E-state index contributed by atoms with van der Waals surface area (Å²) >= 11 is 0. The van der Waals surface area contributed by atoms with Crippen molar-refractivity contribution in [2.24, 2.45) is 5.92 Å². The maximum absolute atomic E-state index is 13.1. The lowest BCUT2D eigenvalue weighted by Gasteiger charge is -2.35. The van der Waals surface area contributed by atoms with Gasteiger partial charge < -0.3 is 9.88 Å². The van der Waals surface area contributed by atoms with Crippen LogP contribution in [0.15, 0.2) is 54.9 Å². The van der Waals surface area contributed by atoms with E-state index in [1.807, 2.05) is 35.4 Å². The average Bonchev–Trinajstić information content (AvgIpc) is 3.68. The number of alkyl halides is 2. The van der Waals surface area contributed by atoms with Gasteiger partial charge in [0.25, 0.3) is 6.43 Å². The van der Waals surface area contributed by atoms with E-state index in [-0.39, 0.29) is 11.6 Å². The number of amides is 1. The van der Waals surface area contributed by atoms with Crippen molar-refractivity contribution in [3.63, 3.8) is 0 Å². The highest BCUT2D eigenvalue weighted by Crippen LogP contribution is 2.31. The van der Waals surface area contributed by atoms with E-state index in [0.717, 1.165) is 73.7 Å². The van der Waals surface area contributed by atoms with E-state index >= 15 is 0 Å². The number of nitrogens with one attached hydrogen (secondary N) is 1. The molecule has 4 heterocycles. The molecule has 1 saturated carbocycles. The number of piperazine rings is 1. The highest BCUT2D eigenvalue weighted by atomic mass is 19.3. The summed E-state index contributed by atoms with van der Waals surface area (Å²) in [5.74, 6) is 1.42. The quantitative estimate of drug-likeness (QED) is 0.400. The van der Waals surface area contributed by atoms with Crippen LogP contribution in [0.4, 0.5) is 8.78 Å². The number of hydrogen-bond acceptors (Lipinski definition) is 5. The number of imidazole rings is 1. The first-order chi connectivity index (χ1) is 18.0. The van der Waals surface area contributed by atoms with E-state index in [4.69, 9.17) is 4.98 Å². The summed E-state index contributed by atoms with van der Waals surface area (Å²) < 4.78 is 26.1. The monoisotopic (exact) mass is 502 g/mol. The number of aromatic nitrogens is 4. The molecule has 1 saturated heterocycles. The first kappa shape index (κ1) is 23.7. The Balaban J connectivity index is 1.12. The maximum Gasteiger partial charge on any atom is 0.280 e. The Bertz CT molecular complexity index is 1430. The number of halogens is 2. The lowest BCUT2D eigenvalue weighted by Crippen LogP contribution is -2.48. The maximum atomic E-state index is 13.1. The zero-order valence-electron chi connectivity index (χ0n) is 20.4. The fourth-order valence-corrected chi connectivity index (χ4v) is 4.94. The van der Waals surface area contributed by atoms with Gasteiger partial charge in [0.2, 0.25) is 5.91 Å². The van der Waals surface area contributed by atoms with E-state index in [2.05, 4.69) is 25.9 Å². The number of aromatic amines is 1. The number of fused-ring (bicyclic) bond motifs is 1. The third-order valence-electron chi connectivity index (χ3n) is 7.12. The van der Waals surface area contributed by atoms with Crippen molar-refractivity contribution in [2.45, 2.75) is 32.2 Å². The van der Waals surface area contributed by atoms with Crippen LogP contribution in [-0.4, -0.2) is 61.8 Å². The smallest absolute Gasteiger partial charge is 0.280 e. The molecule has 7 nitrogen and oxygen atoms in total. The van der Waals surface area contributed by atoms with E-state index in [1.165, 1.54) is 17.8 Å². The molecular weight excluding hydrogens is 474 g/mol. The first-order valence-corrected chi connectivity index (χ1v) is 12.7. The topological polar surface area (TPSA) is 78.0 Å². The Kier molecular flexibility index (Phi) is 6.38. The summed E-state index contributed by atoms with van der Waals surface area (Å²) in [6.45, 7) is 4.21. The lowest BCUT2D eigenvalue weighted by atomic mass is 10.1. The molecule has 1 aromatic carbocycles. The summed E-state index contributed by atoms with van der Waals surface area (Å²) in [4.78, 5) is 33.1. The molecule has 0 spiro atoms. The van der Waals surface area contributed by atoms with Gasteiger partial charge in [0.15, 0.2) is 0 Å². The highest BCUT2D eigenvalue weighted by Gasteiger charge is 2.34. The van der Waals surface area contributed by atoms with Crippen LogP contribution in [0.2, 0.25) is 0 Å². The molecule has 1 N–H and O–H groups in total. The molecule has 0 radical (unpaired) electrons. The number of hydrogen-bond donors (Lipinski definition) is 1. The van der Waals surface area contributed by atoms with E-state index < -0.39 is 6.43 Å². The number of carbonyl (C=O) groups excluding carboxylic acids is 1. The molecule has 9 heteroatoms. The number of rotatable bonds is 7. The van der Waals surface area contributed by atoms with Gasteiger partial charge in [0, 0.05) is 63.2 Å². The molecule has 190 valence electrons. The first-order valence-electron chi connectivity index (χ1n) is 12.7. The zero-order valence-corrected chi connectivity index (χ0v) is 20.4. The van der Waals surface area contributed by atoms with Crippen LogP contribution < -0.4 is 0 Å². The molecule has 0 bridgehead atoms. The summed E-state index contributed by atoms with van der Waals surface area (Å²) in [6, 6.07) is 13.0. The Morgan fingerprint density at radius 2 is 1.76 bits per heavy atom. The van der Waals surface area contributed by atoms with Gasteiger partial charge in [-0.15, -0.1) is 0 Å². The van der Waals surface area contributed by atoms with Crippen LogP contribution in [0.1, 0.15) is 42.0 Å². The molecule has 0 unspecified atom stereocenters. The number of H-pyrrole nitrogens is 1. The average molecular weight is 503 g/mol. The molecule has 2 fully saturated rings. The second-order valence-corrected chi connectivity index (χ2v) is 9.89. The second kappa shape index (κ2) is 9.97. The minimum atomic E-state index is -2.60. The summed E-state index contributed by atoms with van der Waals surface area (Å²) in [6.07, 6.45) is 3.31. The van der Waals surface area contributed by atoms with Crippen molar-refractivity contribution in [3.05, 3.63) is 77.6 Å². The van der Waals surface area contributed by atoms with Crippen LogP contribution in [0, 0.1) is 5.92 Å². The van der Waals surface area contributed by atoms with Gasteiger partial charge in [-0.1, -0.05) is 6.07 Å². The van der Waals surface area contributed by atoms with Crippen LogP contribution in [0.3, 0.4) is 0 Å². The van der Waals surface area contributed by atoms with Crippen molar-refractivity contribution < 1.29 is 13.6 Å². The van der Waals surface area contributed by atoms with Crippen molar-refractivity contribution in [1.29, 1.82) is 0 Å². The molecule has 1 aliphatic heterocycles. The van der Waals surface area contributed by atoms with E-state index in [9.17, 15) is 13.6 Å². The predicted molar refractivity (Wildman–Crippen MR) is 136 cm³/mol. The van der Waals surface area contributed by atoms with Gasteiger partial charge >= 0.3 is 0 Å². The molecular formula is C28H28F2N6O. The Morgan fingerprint density at radius 3 is 2.54 bits per heavy atom. The van der Waals surface area contributed by atoms with E-state index in [0.29, 0.717) is 17.9 Å². The molecule has 2 aliphatic rings. The molecule has 37 heavy (non-hydrogen) atoms. The fourth-order valence-electron chi connectivity index (χ4n) is 4.94. The Morgan fingerprint density at radius 1 is 0.973 bits per heavy atom. The van der Waals surface area contributed by atoms with Crippen molar-refractivity contribution in [1.82, 2.24) is 29.7 Å². The third kappa shape index (κ3) is 5.36. The SMILES string of the molecule is O=C(C1CC1)N1CCN(Cc2ccnc(Cc3nc4ccc(-c5ccnc(C(F)F)c5)cc4[nH]3)c2)CC1. The van der Waals surface area contributed by atoms with Gasteiger partial charge in [-0.2, -0.15) is 0 Å². The molecule has 4 aromatic rings. The lowest BCUT2D eigenvalue weighted by molar-refractivity contribution is -0.134. The van der Waals surface area contributed by atoms with Crippen LogP contribution >= 0.6 is 0 Å². The Hall–Kier alpha value is -3.72. The van der Waals surface area contributed by atoms with Gasteiger partial charge in [-0.25, -0.2) is 13.8 Å². The summed E-state index contributed by atoms with van der Waals surface area (Å²) in [5.41, 5.74) is 5.06. The summed E-state index contributed by atoms with van der Waals surface area (Å²) in [5, 5.41) is 0. The van der Waals surface area contributed by atoms with Gasteiger partial charge in [0.05, 0.1) is 11.0 Å². The molecule has 1 amide bonds. The Labute approximate surface area is 213 Å². The van der Waals surface area contributed by atoms with Crippen LogP contribution in [-0.2, 0) is 17.8 Å².